The van der Waals surface area contributed by atoms with Gasteiger partial charge in [0.15, 0.2) is 0 Å². The van der Waals surface area contributed by atoms with E-state index in [0.717, 1.165) is 15.3 Å². The molecule has 8 heteroatoms. The first-order chi connectivity index (χ1) is 13.3. The standard InChI is InChI=1S/C21H25N3O3S.ClH/c1-4-27-19(25)11-13(2)18-10-9-17(28-18)12-14(3)24-21(26)16-7-5-15(6-8-16)20(22)23;/h5-11,14H,4,12H2,1-3H3,(H3,22,23)(H,24,26);1H/b13-11+;. The summed E-state index contributed by atoms with van der Waals surface area (Å²) in [6, 6.07) is 10.6. The molecule has 0 spiro atoms. The molecular weight excluding hydrogens is 410 g/mol. The van der Waals surface area contributed by atoms with Crippen LogP contribution in [0, 0.1) is 5.41 Å². The average molecular weight is 436 g/mol. The fourth-order valence-corrected chi connectivity index (χ4v) is 3.70. The number of esters is 1. The van der Waals surface area contributed by atoms with Gasteiger partial charge in [0.25, 0.3) is 5.91 Å². The highest BCUT2D eigenvalue weighted by Gasteiger charge is 2.12. The normalized spacial score (nSPS) is 11.9. The molecule has 0 bridgehead atoms. The fraction of sp³-hybridized carbons (Fsp3) is 0.286. The summed E-state index contributed by atoms with van der Waals surface area (Å²) in [5.41, 5.74) is 7.39. The number of ether oxygens (including phenoxy) is 1. The van der Waals surface area contributed by atoms with Gasteiger partial charge in [-0.3, -0.25) is 10.2 Å². The van der Waals surface area contributed by atoms with Gasteiger partial charge < -0.3 is 15.8 Å². The Morgan fingerprint density at radius 1 is 1.21 bits per heavy atom. The summed E-state index contributed by atoms with van der Waals surface area (Å²) in [5.74, 6) is -0.537. The number of rotatable bonds is 8. The highest BCUT2D eigenvalue weighted by molar-refractivity contribution is 7.13. The summed E-state index contributed by atoms with van der Waals surface area (Å²) < 4.78 is 4.93. The van der Waals surface area contributed by atoms with Crippen molar-refractivity contribution in [3.63, 3.8) is 0 Å². The number of carbonyl (C=O) groups excluding carboxylic acids is 2. The minimum absolute atomic E-state index is 0. The summed E-state index contributed by atoms with van der Waals surface area (Å²) >= 11 is 1.59. The number of benzene rings is 1. The third-order valence-corrected chi connectivity index (χ3v) is 5.26. The number of halogens is 1. The summed E-state index contributed by atoms with van der Waals surface area (Å²) in [6.45, 7) is 5.95. The number of carbonyl (C=O) groups is 2. The van der Waals surface area contributed by atoms with Crippen molar-refractivity contribution in [2.75, 3.05) is 6.61 Å². The van der Waals surface area contributed by atoms with Crippen LogP contribution in [0.5, 0.6) is 0 Å². The predicted molar refractivity (Wildman–Crippen MR) is 120 cm³/mol. The van der Waals surface area contributed by atoms with E-state index in [9.17, 15) is 9.59 Å². The third-order valence-electron chi connectivity index (χ3n) is 4.01. The zero-order valence-corrected chi connectivity index (χ0v) is 18.3. The van der Waals surface area contributed by atoms with Gasteiger partial charge in [-0.1, -0.05) is 12.1 Å². The fourth-order valence-electron chi connectivity index (χ4n) is 2.59. The van der Waals surface area contributed by atoms with E-state index >= 15 is 0 Å². The van der Waals surface area contributed by atoms with Crippen LogP contribution in [0.1, 0.15) is 46.4 Å². The predicted octanol–water partition coefficient (Wildman–Crippen LogP) is 3.78. The first-order valence-electron chi connectivity index (χ1n) is 8.99. The second kappa shape index (κ2) is 11.4. The van der Waals surface area contributed by atoms with Crippen LogP contribution in [0.25, 0.3) is 5.57 Å². The topological polar surface area (TPSA) is 105 Å². The van der Waals surface area contributed by atoms with Crippen LogP contribution in [-0.2, 0) is 16.0 Å². The van der Waals surface area contributed by atoms with Crippen LogP contribution in [-0.4, -0.2) is 30.4 Å². The molecule has 1 amide bonds. The maximum absolute atomic E-state index is 12.4. The molecule has 4 N–H and O–H groups in total. The largest absolute Gasteiger partial charge is 0.463 e. The molecule has 0 aliphatic rings. The Bertz CT molecular complexity index is 891. The summed E-state index contributed by atoms with van der Waals surface area (Å²) in [7, 11) is 0. The molecule has 1 aromatic heterocycles. The van der Waals surface area contributed by atoms with Gasteiger partial charge in [-0.25, -0.2) is 4.79 Å². The van der Waals surface area contributed by atoms with Gasteiger partial charge >= 0.3 is 5.97 Å². The average Bonchev–Trinajstić information content (AvgIpc) is 3.10. The van der Waals surface area contributed by atoms with Crippen molar-refractivity contribution < 1.29 is 14.3 Å². The zero-order valence-electron chi connectivity index (χ0n) is 16.7. The molecule has 1 heterocycles. The van der Waals surface area contributed by atoms with E-state index in [-0.39, 0.29) is 36.2 Å². The summed E-state index contributed by atoms with van der Waals surface area (Å²) in [5, 5.41) is 10.4. The van der Waals surface area contributed by atoms with E-state index in [1.165, 1.54) is 6.08 Å². The van der Waals surface area contributed by atoms with Gasteiger partial charge in [-0.15, -0.1) is 23.7 Å². The van der Waals surface area contributed by atoms with Crippen molar-refractivity contribution in [1.82, 2.24) is 5.32 Å². The number of amidine groups is 1. The van der Waals surface area contributed by atoms with E-state index < -0.39 is 0 Å². The van der Waals surface area contributed by atoms with Gasteiger partial charge in [-0.05, 0) is 50.6 Å². The zero-order chi connectivity index (χ0) is 20.7. The summed E-state index contributed by atoms with van der Waals surface area (Å²) in [6.07, 6.45) is 2.18. The number of nitrogens with one attached hydrogen (secondary N) is 2. The second-order valence-electron chi connectivity index (χ2n) is 6.42. The highest BCUT2D eigenvalue weighted by Crippen LogP contribution is 2.25. The minimum Gasteiger partial charge on any atom is -0.463 e. The first-order valence-corrected chi connectivity index (χ1v) is 9.81. The molecule has 0 saturated carbocycles. The third kappa shape index (κ3) is 7.36. The lowest BCUT2D eigenvalue weighted by molar-refractivity contribution is -0.137. The number of amides is 1. The van der Waals surface area contributed by atoms with E-state index in [2.05, 4.69) is 5.32 Å². The van der Waals surface area contributed by atoms with E-state index in [4.69, 9.17) is 15.9 Å². The van der Waals surface area contributed by atoms with Crippen LogP contribution in [0.3, 0.4) is 0 Å². The molecule has 6 nitrogen and oxygen atoms in total. The molecule has 0 saturated heterocycles. The van der Waals surface area contributed by atoms with Crippen LogP contribution in [0.2, 0.25) is 0 Å². The van der Waals surface area contributed by atoms with Crippen molar-refractivity contribution in [1.29, 1.82) is 5.41 Å². The smallest absolute Gasteiger partial charge is 0.331 e. The van der Waals surface area contributed by atoms with Crippen molar-refractivity contribution in [3.05, 3.63) is 63.4 Å². The van der Waals surface area contributed by atoms with Crippen molar-refractivity contribution >= 4 is 47.0 Å². The van der Waals surface area contributed by atoms with E-state index in [1.807, 2.05) is 26.0 Å². The van der Waals surface area contributed by atoms with Gasteiger partial charge in [0, 0.05) is 39.4 Å². The Morgan fingerprint density at radius 3 is 2.41 bits per heavy atom. The molecule has 0 aliphatic heterocycles. The van der Waals surface area contributed by atoms with Crippen molar-refractivity contribution in [2.45, 2.75) is 33.2 Å². The molecular formula is C21H26ClN3O3S. The number of allylic oxidation sites excluding steroid dienone is 1. The van der Waals surface area contributed by atoms with Crippen LogP contribution < -0.4 is 11.1 Å². The Kier molecular flexibility index (Phi) is 9.58. The maximum atomic E-state index is 12.4. The number of nitrogens with two attached hydrogens (primary N) is 1. The van der Waals surface area contributed by atoms with Crippen LogP contribution in [0.4, 0.5) is 0 Å². The Hall–Kier alpha value is -2.64. The lowest BCUT2D eigenvalue weighted by Gasteiger charge is -2.13. The number of hydrogen-bond donors (Lipinski definition) is 3. The number of thiophene rings is 1. The molecule has 1 aromatic carbocycles. The molecule has 2 aromatic rings. The van der Waals surface area contributed by atoms with Gasteiger partial charge in [0.05, 0.1) is 6.61 Å². The quantitative estimate of drug-likeness (QED) is 0.254. The van der Waals surface area contributed by atoms with Crippen LogP contribution >= 0.6 is 23.7 Å². The van der Waals surface area contributed by atoms with Gasteiger partial charge in [0.1, 0.15) is 5.84 Å². The van der Waals surface area contributed by atoms with E-state index in [0.29, 0.717) is 24.2 Å². The van der Waals surface area contributed by atoms with Gasteiger partial charge in [-0.2, -0.15) is 0 Å². The maximum Gasteiger partial charge on any atom is 0.331 e. The molecule has 0 radical (unpaired) electrons. The highest BCUT2D eigenvalue weighted by atomic mass is 35.5. The molecule has 0 fully saturated rings. The number of nitrogen functional groups attached to an aromatic ring is 1. The molecule has 0 aliphatic carbocycles. The Morgan fingerprint density at radius 2 is 1.83 bits per heavy atom. The Labute approximate surface area is 181 Å². The lowest BCUT2D eigenvalue weighted by Crippen LogP contribution is -2.33. The van der Waals surface area contributed by atoms with Crippen molar-refractivity contribution in [2.24, 2.45) is 5.73 Å². The second-order valence-corrected chi connectivity index (χ2v) is 7.58. The van der Waals surface area contributed by atoms with Crippen molar-refractivity contribution in [3.8, 4) is 0 Å². The minimum atomic E-state index is -0.341. The molecule has 156 valence electrons. The first kappa shape index (κ1) is 24.4. The van der Waals surface area contributed by atoms with E-state index in [1.54, 1.807) is 42.5 Å². The lowest BCUT2D eigenvalue weighted by atomic mass is 10.1. The molecule has 1 atom stereocenters. The number of hydrogen-bond acceptors (Lipinski definition) is 5. The Balaban J connectivity index is 0.00000420. The van der Waals surface area contributed by atoms with Gasteiger partial charge in [0.2, 0.25) is 0 Å². The van der Waals surface area contributed by atoms with Crippen LogP contribution in [0.15, 0.2) is 42.5 Å². The molecule has 2 rings (SSSR count). The molecule has 29 heavy (non-hydrogen) atoms. The monoisotopic (exact) mass is 435 g/mol. The summed E-state index contributed by atoms with van der Waals surface area (Å²) in [4.78, 5) is 26.1. The molecule has 1 unspecified atom stereocenters. The SMILES string of the molecule is CCOC(=O)/C=C(\C)c1ccc(CC(C)NC(=O)c2ccc(C(=N)N)cc2)s1.Cl.